The Labute approximate surface area is 108 Å². The number of aromatic nitrogens is 2. The molecule has 0 aromatic carbocycles. The van der Waals surface area contributed by atoms with Gasteiger partial charge in [-0.05, 0) is 26.3 Å². The van der Waals surface area contributed by atoms with E-state index in [-0.39, 0.29) is 11.3 Å². The lowest BCUT2D eigenvalue weighted by Gasteiger charge is -2.22. The average molecular weight is 250 g/mol. The predicted molar refractivity (Wildman–Crippen MR) is 71.6 cm³/mol. The van der Waals surface area contributed by atoms with Crippen molar-refractivity contribution in [3.05, 3.63) is 11.8 Å². The van der Waals surface area contributed by atoms with Gasteiger partial charge in [0.05, 0.1) is 5.54 Å². The standard InChI is InChI=1S/C13H22N4O/c1-12(2,3)9-8-10(17-16-9)15-11(18)13(4)6-5-7-14-13/h8,14H,5-7H2,1-4H3,(H2,15,16,17,18). The minimum absolute atomic E-state index is 0.00544. The van der Waals surface area contributed by atoms with E-state index < -0.39 is 5.54 Å². The Bertz CT molecular complexity index is 438. The molecule has 0 spiro atoms. The highest BCUT2D eigenvalue weighted by atomic mass is 16.2. The summed E-state index contributed by atoms with van der Waals surface area (Å²) in [7, 11) is 0. The molecule has 0 aliphatic carbocycles. The van der Waals surface area contributed by atoms with Crippen molar-refractivity contribution < 1.29 is 4.79 Å². The predicted octanol–water partition coefficient (Wildman–Crippen LogP) is 1.79. The number of nitrogens with one attached hydrogen (secondary N) is 3. The lowest BCUT2D eigenvalue weighted by molar-refractivity contribution is -0.121. The molecule has 3 N–H and O–H groups in total. The molecule has 0 saturated carbocycles. The van der Waals surface area contributed by atoms with Crippen molar-refractivity contribution in [1.29, 1.82) is 0 Å². The lowest BCUT2D eigenvalue weighted by atomic mass is 9.92. The molecule has 1 saturated heterocycles. The van der Waals surface area contributed by atoms with Gasteiger partial charge < -0.3 is 10.6 Å². The van der Waals surface area contributed by atoms with Gasteiger partial charge in [0.1, 0.15) is 0 Å². The van der Waals surface area contributed by atoms with E-state index in [2.05, 4.69) is 41.6 Å². The van der Waals surface area contributed by atoms with Crippen molar-refractivity contribution >= 4 is 11.7 Å². The van der Waals surface area contributed by atoms with Gasteiger partial charge in [0.2, 0.25) is 5.91 Å². The molecule has 0 radical (unpaired) electrons. The van der Waals surface area contributed by atoms with Crippen molar-refractivity contribution in [1.82, 2.24) is 15.5 Å². The van der Waals surface area contributed by atoms with Crippen LogP contribution in [0.2, 0.25) is 0 Å². The third-order valence-corrected chi connectivity index (χ3v) is 3.50. The number of nitrogens with zero attached hydrogens (tertiary/aromatic N) is 1. The van der Waals surface area contributed by atoms with Gasteiger partial charge in [-0.2, -0.15) is 5.10 Å². The summed E-state index contributed by atoms with van der Waals surface area (Å²) in [6, 6.07) is 1.90. The summed E-state index contributed by atoms with van der Waals surface area (Å²) in [4.78, 5) is 12.2. The summed E-state index contributed by atoms with van der Waals surface area (Å²) in [5, 5.41) is 13.2. The van der Waals surface area contributed by atoms with E-state index in [1.807, 2.05) is 13.0 Å². The van der Waals surface area contributed by atoms with E-state index in [4.69, 9.17) is 0 Å². The van der Waals surface area contributed by atoms with Crippen LogP contribution in [0.1, 0.15) is 46.2 Å². The first kappa shape index (κ1) is 13.1. The number of rotatable bonds is 2. The Kier molecular flexibility index (Phi) is 3.19. The molecule has 5 heteroatoms. The second kappa shape index (κ2) is 4.39. The maximum atomic E-state index is 12.2. The summed E-state index contributed by atoms with van der Waals surface area (Å²) >= 11 is 0. The zero-order valence-electron chi connectivity index (χ0n) is 11.6. The van der Waals surface area contributed by atoms with Gasteiger partial charge in [-0.1, -0.05) is 20.8 Å². The number of H-pyrrole nitrogens is 1. The van der Waals surface area contributed by atoms with Crippen LogP contribution in [-0.2, 0) is 10.2 Å². The van der Waals surface area contributed by atoms with Gasteiger partial charge in [-0.3, -0.25) is 9.89 Å². The monoisotopic (exact) mass is 250 g/mol. The molecule has 0 bridgehead atoms. The third kappa shape index (κ3) is 2.56. The average Bonchev–Trinajstić information content (AvgIpc) is 2.86. The summed E-state index contributed by atoms with van der Waals surface area (Å²) in [6.07, 6.45) is 1.91. The summed E-state index contributed by atoms with van der Waals surface area (Å²) in [5.41, 5.74) is 0.564. The molecule has 1 amide bonds. The van der Waals surface area contributed by atoms with Gasteiger partial charge in [0.15, 0.2) is 5.82 Å². The van der Waals surface area contributed by atoms with E-state index >= 15 is 0 Å². The van der Waals surface area contributed by atoms with Gasteiger partial charge >= 0.3 is 0 Å². The van der Waals surface area contributed by atoms with Crippen molar-refractivity contribution in [2.24, 2.45) is 0 Å². The quantitative estimate of drug-likeness (QED) is 0.749. The second-order valence-electron chi connectivity index (χ2n) is 6.23. The lowest BCUT2D eigenvalue weighted by Crippen LogP contribution is -2.48. The fourth-order valence-corrected chi connectivity index (χ4v) is 2.11. The molecule has 18 heavy (non-hydrogen) atoms. The molecule has 1 unspecified atom stereocenters. The van der Waals surface area contributed by atoms with Gasteiger partial charge in [-0.15, -0.1) is 0 Å². The van der Waals surface area contributed by atoms with Gasteiger partial charge in [-0.25, -0.2) is 0 Å². The van der Waals surface area contributed by atoms with Crippen LogP contribution in [0, 0.1) is 0 Å². The molecule has 1 aliphatic rings. The van der Waals surface area contributed by atoms with Gasteiger partial charge in [0.25, 0.3) is 0 Å². The Morgan fingerprint density at radius 1 is 1.50 bits per heavy atom. The van der Waals surface area contributed by atoms with Crippen molar-refractivity contribution in [2.45, 2.75) is 51.5 Å². The summed E-state index contributed by atoms with van der Waals surface area (Å²) in [5.74, 6) is 0.590. The first-order chi connectivity index (χ1) is 8.31. The van der Waals surface area contributed by atoms with E-state index in [0.717, 1.165) is 25.1 Å². The minimum atomic E-state index is -0.457. The van der Waals surface area contributed by atoms with Crippen LogP contribution in [0.3, 0.4) is 0 Å². The minimum Gasteiger partial charge on any atom is -0.308 e. The highest BCUT2D eigenvalue weighted by Crippen LogP contribution is 2.24. The third-order valence-electron chi connectivity index (χ3n) is 3.50. The molecule has 1 aromatic heterocycles. The van der Waals surface area contributed by atoms with Crippen molar-refractivity contribution in [3.8, 4) is 0 Å². The van der Waals surface area contributed by atoms with Crippen LogP contribution in [0.15, 0.2) is 6.07 Å². The number of aromatic amines is 1. The van der Waals surface area contributed by atoms with E-state index in [0.29, 0.717) is 5.82 Å². The number of anilines is 1. The second-order valence-corrected chi connectivity index (χ2v) is 6.23. The SMILES string of the molecule is CC1(C(=O)Nc2cc(C(C)(C)C)[nH]n2)CCCN1. The summed E-state index contributed by atoms with van der Waals surface area (Å²) < 4.78 is 0. The smallest absolute Gasteiger partial charge is 0.245 e. The van der Waals surface area contributed by atoms with Crippen LogP contribution < -0.4 is 10.6 Å². The van der Waals surface area contributed by atoms with Crippen molar-refractivity contribution in [2.75, 3.05) is 11.9 Å². The van der Waals surface area contributed by atoms with Crippen molar-refractivity contribution in [3.63, 3.8) is 0 Å². The van der Waals surface area contributed by atoms with Gasteiger partial charge in [0, 0.05) is 17.2 Å². The van der Waals surface area contributed by atoms with Crippen LogP contribution in [0.4, 0.5) is 5.82 Å². The number of hydrogen-bond donors (Lipinski definition) is 3. The Balaban J connectivity index is 2.06. The molecule has 100 valence electrons. The molecule has 1 aliphatic heterocycles. The summed E-state index contributed by atoms with van der Waals surface area (Å²) in [6.45, 7) is 9.15. The molecular weight excluding hydrogens is 228 g/mol. The molecule has 2 heterocycles. The highest BCUT2D eigenvalue weighted by Gasteiger charge is 2.36. The Hall–Kier alpha value is -1.36. The molecule has 2 rings (SSSR count). The van der Waals surface area contributed by atoms with Crippen LogP contribution >= 0.6 is 0 Å². The Morgan fingerprint density at radius 2 is 2.22 bits per heavy atom. The highest BCUT2D eigenvalue weighted by molar-refractivity contribution is 5.97. The fourth-order valence-electron chi connectivity index (χ4n) is 2.11. The topological polar surface area (TPSA) is 69.8 Å². The molecular formula is C13H22N4O. The first-order valence-corrected chi connectivity index (χ1v) is 6.44. The fraction of sp³-hybridized carbons (Fsp3) is 0.692. The van der Waals surface area contributed by atoms with Crippen LogP contribution in [0.25, 0.3) is 0 Å². The zero-order valence-corrected chi connectivity index (χ0v) is 11.6. The maximum Gasteiger partial charge on any atom is 0.245 e. The molecule has 1 atom stereocenters. The number of hydrogen-bond acceptors (Lipinski definition) is 3. The number of amides is 1. The largest absolute Gasteiger partial charge is 0.308 e. The maximum absolute atomic E-state index is 12.2. The van der Waals surface area contributed by atoms with E-state index in [1.54, 1.807) is 0 Å². The first-order valence-electron chi connectivity index (χ1n) is 6.44. The van der Waals surface area contributed by atoms with E-state index in [9.17, 15) is 4.79 Å². The normalized spacial score (nSPS) is 24.2. The molecule has 1 fully saturated rings. The zero-order chi connectivity index (χ0) is 13.4. The number of carbonyl (C=O) groups is 1. The van der Waals surface area contributed by atoms with E-state index in [1.165, 1.54) is 0 Å². The van der Waals surface area contributed by atoms with Crippen LogP contribution in [-0.4, -0.2) is 28.2 Å². The number of carbonyl (C=O) groups excluding carboxylic acids is 1. The molecule has 1 aromatic rings. The van der Waals surface area contributed by atoms with Crippen LogP contribution in [0.5, 0.6) is 0 Å². The Morgan fingerprint density at radius 3 is 2.72 bits per heavy atom. The molecule has 5 nitrogen and oxygen atoms in total.